The minimum absolute atomic E-state index is 0.120. The molecule has 0 heterocycles. The Hall–Kier alpha value is -2.23. The second-order valence-electron chi connectivity index (χ2n) is 3.22. The molecule has 0 radical (unpaired) electrons. The molecule has 1 aromatic rings. The average Bonchev–Trinajstić information content (AvgIpc) is 2.34. The summed E-state index contributed by atoms with van der Waals surface area (Å²) in [5.41, 5.74) is -0.101. The maximum absolute atomic E-state index is 12.0. The molecule has 0 aliphatic heterocycles. The fourth-order valence-electron chi connectivity index (χ4n) is 1.15. The average molecular weight is 259 g/mol. The predicted octanol–water partition coefficient (Wildman–Crippen LogP) is 2.29. The molecule has 0 atom stereocenters. The zero-order chi connectivity index (χ0) is 13.8. The van der Waals surface area contributed by atoms with Crippen LogP contribution in [0.3, 0.4) is 0 Å². The lowest BCUT2D eigenvalue weighted by Gasteiger charge is -2.12. The van der Waals surface area contributed by atoms with Crippen molar-refractivity contribution >= 4 is 5.97 Å². The van der Waals surface area contributed by atoms with Gasteiger partial charge in [0.15, 0.2) is 6.61 Å². The van der Waals surface area contributed by atoms with Gasteiger partial charge in [0.2, 0.25) is 0 Å². The number of rotatable bonds is 3. The molecule has 0 saturated carbocycles. The number of carbonyl (C=O) groups excluding carboxylic acids is 1. The van der Waals surface area contributed by atoms with Crippen molar-refractivity contribution in [1.29, 1.82) is 5.26 Å². The highest BCUT2D eigenvalue weighted by Gasteiger charge is 2.29. The number of benzene rings is 1. The van der Waals surface area contributed by atoms with Gasteiger partial charge in [0, 0.05) is 0 Å². The summed E-state index contributed by atoms with van der Waals surface area (Å²) in [6.07, 6.45) is -4.51. The van der Waals surface area contributed by atoms with Crippen molar-refractivity contribution in [2.24, 2.45) is 0 Å². The van der Waals surface area contributed by atoms with E-state index in [4.69, 9.17) is 5.26 Å². The van der Waals surface area contributed by atoms with E-state index in [2.05, 4.69) is 9.47 Å². The molecule has 1 rings (SSSR count). The molecular weight excluding hydrogens is 251 g/mol. The fraction of sp³-hybridized carbons (Fsp3) is 0.273. The SMILES string of the molecule is COC(=O)c1cc(C#N)ccc1OCC(F)(F)F. The van der Waals surface area contributed by atoms with Gasteiger partial charge < -0.3 is 9.47 Å². The summed E-state index contributed by atoms with van der Waals surface area (Å²) in [7, 11) is 1.08. The molecule has 0 aliphatic carbocycles. The molecule has 0 N–H and O–H groups in total. The van der Waals surface area contributed by atoms with Crippen LogP contribution in [0, 0.1) is 11.3 Å². The molecule has 0 saturated heterocycles. The highest BCUT2D eigenvalue weighted by Crippen LogP contribution is 2.24. The van der Waals surface area contributed by atoms with E-state index >= 15 is 0 Å². The van der Waals surface area contributed by atoms with Gasteiger partial charge in [-0.25, -0.2) is 4.79 Å². The molecule has 1 aromatic carbocycles. The third kappa shape index (κ3) is 3.66. The van der Waals surface area contributed by atoms with Gasteiger partial charge in [0.25, 0.3) is 0 Å². The van der Waals surface area contributed by atoms with Crippen molar-refractivity contribution in [3.05, 3.63) is 29.3 Å². The molecule has 7 heteroatoms. The Morgan fingerprint density at radius 2 is 2.11 bits per heavy atom. The third-order valence-electron chi connectivity index (χ3n) is 1.91. The standard InChI is InChI=1S/C11H8F3NO3/c1-17-10(16)8-4-7(5-15)2-3-9(8)18-6-11(12,13)14/h2-4H,6H2,1H3. The Morgan fingerprint density at radius 1 is 1.44 bits per heavy atom. The third-order valence-corrected chi connectivity index (χ3v) is 1.91. The summed E-state index contributed by atoms with van der Waals surface area (Å²) >= 11 is 0. The highest BCUT2D eigenvalue weighted by atomic mass is 19.4. The van der Waals surface area contributed by atoms with Crippen molar-refractivity contribution in [1.82, 2.24) is 0 Å². The Balaban J connectivity index is 3.04. The Morgan fingerprint density at radius 3 is 2.61 bits per heavy atom. The zero-order valence-electron chi connectivity index (χ0n) is 9.25. The second kappa shape index (κ2) is 5.40. The number of ether oxygens (including phenoxy) is 2. The maximum atomic E-state index is 12.0. The molecule has 0 aliphatic rings. The largest absolute Gasteiger partial charge is 0.483 e. The molecule has 0 aromatic heterocycles. The van der Waals surface area contributed by atoms with Crippen molar-refractivity contribution < 1.29 is 27.4 Å². The summed E-state index contributed by atoms with van der Waals surface area (Å²) < 4.78 is 44.9. The lowest BCUT2D eigenvalue weighted by Crippen LogP contribution is -2.20. The van der Waals surface area contributed by atoms with Crippen LogP contribution >= 0.6 is 0 Å². The van der Waals surface area contributed by atoms with Gasteiger partial charge in [0.05, 0.1) is 18.7 Å². The first kappa shape index (κ1) is 13.8. The van der Waals surface area contributed by atoms with Gasteiger partial charge in [-0.3, -0.25) is 0 Å². The molecule has 0 spiro atoms. The molecule has 0 bridgehead atoms. The maximum Gasteiger partial charge on any atom is 0.422 e. The summed E-state index contributed by atoms with van der Waals surface area (Å²) in [6.45, 7) is -1.52. The summed E-state index contributed by atoms with van der Waals surface area (Å²) in [6, 6.07) is 5.24. The number of alkyl halides is 3. The van der Waals surface area contributed by atoms with Crippen LogP contribution in [0.25, 0.3) is 0 Å². The van der Waals surface area contributed by atoms with E-state index in [0.29, 0.717) is 0 Å². The topological polar surface area (TPSA) is 59.3 Å². The van der Waals surface area contributed by atoms with Crippen LogP contribution in [0.4, 0.5) is 13.2 Å². The molecule has 0 amide bonds. The number of methoxy groups -OCH3 is 1. The van der Waals surface area contributed by atoms with Gasteiger partial charge >= 0.3 is 12.1 Å². The van der Waals surface area contributed by atoms with Gasteiger partial charge in [-0.15, -0.1) is 0 Å². The van der Waals surface area contributed by atoms with Crippen molar-refractivity contribution in [2.45, 2.75) is 6.18 Å². The predicted molar refractivity (Wildman–Crippen MR) is 54.0 cm³/mol. The van der Waals surface area contributed by atoms with Gasteiger partial charge in [0.1, 0.15) is 11.3 Å². The van der Waals surface area contributed by atoms with E-state index in [1.807, 2.05) is 0 Å². The monoisotopic (exact) mass is 259 g/mol. The molecule has 0 fully saturated rings. The van der Waals surface area contributed by atoms with Crippen molar-refractivity contribution in [2.75, 3.05) is 13.7 Å². The molecule has 18 heavy (non-hydrogen) atoms. The van der Waals surface area contributed by atoms with Crippen LogP contribution in [-0.4, -0.2) is 25.9 Å². The summed E-state index contributed by atoms with van der Waals surface area (Å²) in [5.74, 6) is -1.15. The first-order valence-corrected chi connectivity index (χ1v) is 4.69. The smallest absolute Gasteiger partial charge is 0.422 e. The van der Waals surface area contributed by atoms with Crippen LogP contribution < -0.4 is 4.74 Å². The van der Waals surface area contributed by atoms with Crippen LogP contribution in [0.15, 0.2) is 18.2 Å². The number of halogens is 3. The number of hydrogen-bond acceptors (Lipinski definition) is 4. The zero-order valence-corrected chi connectivity index (χ0v) is 9.25. The van der Waals surface area contributed by atoms with Crippen molar-refractivity contribution in [3.63, 3.8) is 0 Å². The van der Waals surface area contributed by atoms with E-state index in [1.54, 1.807) is 6.07 Å². The summed E-state index contributed by atoms with van der Waals surface area (Å²) in [4.78, 5) is 11.3. The minimum Gasteiger partial charge on any atom is -0.483 e. The second-order valence-corrected chi connectivity index (χ2v) is 3.22. The van der Waals surface area contributed by atoms with Crippen LogP contribution in [-0.2, 0) is 4.74 Å². The minimum atomic E-state index is -4.51. The number of esters is 1. The van der Waals surface area contributed by atoms with Crippen LogP contribution in [0.5, 0.6) is 5.75 Å². The number of nitrogens with zero attached hydrogens (tertiary/aromatic N) is 1. The van der Waals surface area contributed by atoms with Gasteiger partial charge in [-0.05, 0) is 18.2 Å². The van der Waals surface area contributed by atoms with E-state index in [-0.39, 0.29) is 16.9 Å². The molecule has 4 nitrogen and oxygen atoms in total. The Kier molecular flexibility index (Phi) is 4.15. The Bertz CT molecular complexity index is 491. The number of carbonyl (C=O) groups is 1. The van der Waals surface area contributed by atoms with E-state index in [0.717, 1.165) is 19.2 Å². The lowest BCUT2D eigenvalue weighted by molar-refractivity contribution is -0.153. The normalized spacial score (nSPS) is 10.6. The van der Waals surface area contributed by atoms with Crippen LogP contribution in [0.2, 0.25) is 0 Å². The fourth-order valence-corrected chi connectivity index (χ4v) is 1.15. The quantitative estimate of drug-likeness (QED) is 0.781. The highest BCUT2D eigenvalue weighted by molar-refractivity contribution is 5.92. The Labute approximate surface area is 101 Å². The van der Waals surface area contributed by atoms with E-state index in [1.165, 1.54) is 6.07 Å². The molecule has 96 valence electrons. The number of hydrogen-bond donors (Lipinski definition) is 0. The lowest BCUT2D eigenvalue weighted by atomic mass is 10.1. The first-order valence-electron chi connectivity index (χ1n) is 4.69. The van der Waals surface area contributed by atoms with Crippen LogP contribution in [0.1, 0.15) is 15.9 Å². The molecule has 0 unspecified atom stereocenters. The molecular formula is C11H8F3NO3. The number of nitriles is 1. The summed E-state index contributed by atoms with van der Waals surface area (Å²) in [5, 5.41) is 8.64. The van der Waals surface area contributed by atoms with E-state index in [9.17, 15) is 18.0 Å². The van der Waals surface area contributed by atoms with E-state index < -0.39 is 18.8 Å². The van der Waals surface area contributed by atoms with Crippen molar-refractivity contribution in [3.8, 4) is 11.8 Å². The van der Waals surface area contributed by atoms with Gasteiger partial charge in [-0.1, -0.05) is 0 Å². The first-order chi connectivity index (χ1) is 8.37. The van der Waals surface area contributed by atoms with Gasteiger partial charge in [-0.2, -0.15) is 18.4 Å².